The molecule has 0 bridgehead atoms. The fourth-order valence-electron chi connectivity index (χ4n) is 1.12. The maximum absolute atomic E-state index is 12.4. The molecule has 0 unspecified atom stereocenters. The first kappa shape index (κ1) is 11.2. The Morgan fingerprint density at radius 3 is 2.80 bits per heavy atom. The summed E-state index contributed by atoms with van der Waals surface area (Å²) in [6.07, 6.45) is -2.85. The van der Waals surface area contributed by atoms with Crippen molar-refractivity contribution in [3.63, 3.8) is 0 Å². The van der Waals surface area contributed by atoms with Crippen molar-refractivity contribution in [1.29, 1.82) is 5.26 Å². The molecule has 6 heteroatoms. The molecule has 0 aliphatic rings. The largest absolute Gasteiger partial charge is 0.495 e. The highest BCUT2D eigenvalue weighted by atomic mass is 19.3. The highest BCUT2D eigenvalue weighted by molar-refractivity contribution is 5.50. The maximum Gasteiger partial charge on any atom is 0.282 e. The van der Waals surface area contributed by atoms with Gasteiger partial charge in [0.25, 0.3) is 6.43 Å². The molecule has 4 nitrogen and oxygen atoms in total. The van der Waals surface area contributed by atoms with E-state index in [1.807, 2.05) is 6.07 Å². The van der Waals surface area contributed by atoms with Crippen LogP contribution in [0.3, 0.4) is 0 Å². The van der Waals surface area contributed by atoms with Gasteiger partial charge >= 0.3 is 0 Å². The Kier molecular flexibility index (Phi) is 3.39. The van der Waals surface area contributed by atoms with Gasteiger partial charge in [-0.3, -0.25) is 0 Å². The van der Waals surface area contributed by atoms with Crippen LogP contribution in [-0.4, -0.2) is 12.1 Å². The molecule has 80 valence electrons. The Morgan fingerprint density at radius 2 is 2.33 bits per heavy atom. The Bertz CT molecular complexity index is 401. The van der Waals surface area contributed by atoms with Gasteiger partial charge in [-0.05, 0) is 0 Å². The Labute approximate surface area is 85.3 Å². The summed E-state index contributed by atoms with van der Waals surface area (Å²) in [7, 11) is 1.36. The topological polar surface area (TPSA) is 71.9 Å². The first-order valence-electron chi connectivity index (χ1n) is 4.08. The molecule has 0 spiro atoms. The number of hydrogen-bond donors (Lipinski definition) is 1. The Hall–Kier alpha value is -1.90. The number of nitrogen functional groups attached to an aromatic ring is 1. The van der Waals surface area contributed by atoms with Crippen LogP contribution in [-0.2, 0) is 6.42 Å². The second kappa shape index (κ2) is 4.55. The lowest BCUT2D eigenvalue weighted by Gasteiger charge is -2.09. The van der Waals surface area contributed by atoms with Crippen molar-refractivity contribution < 1.29 is 13.5 Å². The molecule has 0 aromatic carbocycles. The minimum Gasteiger partial charge on any atom is -0.495 e. The van der Waals surface area contributed by atoms with Crippen LogP contribution in [0.4, 0.5) is 14.5 Å². The van der Waals surface area contributed by atoms with Crippen LogP contribution in [0.2, 0.25) is 0 Å². The van der Waals surface area contributed by atoms with Crippen molar-refractivity contribution in [2.45, 2.75) is 12.8 Å². The number of halogens is 2. The molecule has 0 fully saturated rings. The van der Waals surface area contributed by atoms with E-state index in [9.17, 15) is 8.78 Å². The van der Waals surface area contributed by atoms with Crippen molar-refractivity contribution in [3.8, 4) is 11.8 Å². The number of methoxy groups -OCH3 is 1. The van der Waals surface area contributed by atoms with Gasteiger partial charge in [-0.1, -0.05) is 0 Å². The number of ether oxygens (including phenoxy) is 1. The second-order valence-corrected chi connectivity index (χ2v) is 2.75. The number of alkyl halides is 2. The van der Waals surface area contributed by atoms with E-state index in [0.717, 1.165) is 0 Å². The summed E-state index contributed by atoms with van der Waals surface area (Å²) in [6.45, 7) is 0. The van der Waals surface area contributed by atoms with E-state index in [-0.39, 0.29) is 23.6 Å². The van der Waals surface area contributed by atoms with Gasteiger partial charge in [-0.25, -0.2) is 13.8 Å². The molecule has 15 heavy (non-hydrogen) atoms. The van der Waals surface area contributed by atoms with Gasteiger partial charge in [0.05, 0.1) is 31.0 Å². The van der Waals surface area contributed by atoms with Gasteiger partial charge < -0.3 is 10.5 Å². The Morgan fingerprint density at radius 1 is 1.67 bits per heavy atom. The molecule has 1 rings (SSSR count). The maximum atomic E-state index is 12.4. The summed E-state index contributed by atoms with van der Waals surface area (Å²) < 4.78 is 29.7. The summed E-state index contributed by atoms with van der Waals surface area (Å²) >= 11 is 0. The molecular weight excluding hydrogens is 204 g/mol. The molecular formula is C9H9F2N3O. The minimum atomic E-state index is -2.76. The number of hydrogen-bond acceptors (Lipinski definition) is 4. The van der Waals surface area contributed by atoms with E-state index in [1.165, 1.54) is 13.2 Å². The number of nitrogens with zero attached hydrogens (tertiary/aromatic N) is 2. The van der Waals surface area contributed by atoms with Crippen LogP contribution in [0.5, 0.6) is 5.75 Å². The van der Waals surface area contributed by atoms with E-state index >= 15 is 0 Å². The Balaban J connectivity index is 3.25. The number of nitriles is 1. The van der Waals surface area contributed by atoms with Gasteiger partial charge in [-0.15, -0.1) is 0 Å². The summed E-state index contributed by atoms with van der Waals surface area (Å²) in [5, 5.41) is 8.47. The summed E-state index contributed by atoms with van der Waals surface area (Å²) in [5.74, 6) is 0.249. The van der Waals surface area contributed by atoms with Crippen molar-refractivity contribution >= 4 is 5.69 Å². The van der Waals surface area contributed by atoms with E-state index < -0.39 is 12.1 Å². The van der Waals surface area contributed by atoms with Gasteiger partial charge in [0.1, 0.15) is 11.4 Å². The zero-order valence-electron chi connectivity index (χ0n) is 8.00. The molecule has 0 aliphatic carbocycles. The van der Waals surface area contributed by atoms with E-state index in [0.29, 0.717) is 0 Å². The average molecular weight is 213 g/mol. The number of rotatable bonds is 3. The number of anilines is 1. The highest BCUT2D eigenvalue weighted by Gasteiger charge is 2.17. The lowest BCUT2D eigenvalue weighted by Crippen LogP contribution is -2.04. The molecule has 0 saturated heterocycles. The van der Waals surface area contributed by atoms with Gasteiger partial charge in [-0.2, -0.15) is 5.26 Å². The lowest BCUT2D eigenvalue weighted by atomic mass is 10.2. The summed E-state index contributed by atoms with van der Waals surface area (Å²) in [4.78, 5) is 3.61. The zero-order valence-corrected chi connectivity index (χ0v) is 8.00. The lowest BCUT2D eigenvalue weighted by molar-refractivity contribution is 0.146. The number of aromatic nitrogens is 1. The van der Waals surface area contributed by atoms with Crippen molar-refractivity contribution in [2.75, 3.05) is 12.8 Å². The molecule has 0 saturated carbocycles. The molecule has 0 radical (unpaired) electrons. The zero-order chi connectivity index (χ0) is 11.4. The quantitative estimate of drug-likeness (QED) is 0.828. The molecule has 2 N–H and O–H groups in total. The first-order chi connectivity index (χ1) is 7.10. The first-order valence-corrected chi connectivity index (χ1v) is 4.08. The fourth-order valence-corrected chi connectivity index (χ4v) is 1.12. The summed E-state index contributed by atoms with van der Waals surface area (Å²) in [6, 6.07) is 3.07. The number of pyridine rings is 1. The van der Waals surface area contributed by atoms with Crippen LogP contribution < -0.4 is 10.5 Å². The van der Waals surface area contributed by atoms with Crippen LogP contribution in [0.25, 0.3) is 0 Å². The van der Waals surface area contributed by atoms with Crippen LogP contribution >= 0.6 is 0 Å². The van der Waals surface area contributed by atoms with Crippen molar-refractivity contribution in [2.24, 2.45) is 0 Å². The molecule has 1 aromatic rings. The van der Waals surface area contributed by atoms with E-state index in [4.69, 9.17) is 15.7 Å². The molecule has 0 atom stereocenters. The molecule has 0 amide bonds. The average Bonchev–Trinajstić information content (AvgIpc) is 2.20. The fraction of sp³-hybridized carbons (Fsp3) is 0.333. The number of nitrogens with two attached hydrogens (primary N) is 1. The van der Waals surface area contributed by atoms with Crippen molar-refractivity contribution in [1.82, 2.24) is 4.98 Å². The third-order valence-corrected chi connectivity index (χ3v) is 1.80. The highest BCUT2D eigenvalue weighted by Crippen LogP contribution is 2.28. The predicted molar refractivity (Wildman–Crippen MR) is 49.5 cm³/mol. The summed E-state index contributed by atoms with van der Waals surface area (Å²) in [5.41, 5.74) is 4.88. The van der Waals surface area contributed by atoms with Gasteiger partial charge in [0, 0.05) is 6.07 Å². The standard InChI is InChI=1S/C9H9F2N3O/c1-15-7-4-5(13)8(9(10)11)14-6(7)2-3-12/h4,9H,2,13H2,1H3. The minimum absolute atomic E-state index is 0.0941. The SMILES string of the molecule is COc1cc(N)c(C(F)F)nc1CC#N. The molecule has 1 aromatic heterocycles. The normalized spacial score (nSPS) is 10.1. The second-order valence-electron chi connectivity index (χ2n) is 2.75. The molecule has 1 heterocycles. The van der Waals surface area contributed by atoms with E-state index in [1.54, 1.807) is 0 Å². The predicted octanol–water partition coefficient (Wildman–Crippen LogP) is 1.68. The molecule has 0 aliphatic heterocycles. The third-order valence-electron chi connectivity index (χ3n) is 1.80. The third kappa shape index (κ3) is 2.31. The van der Waals surface area contributed by atoms with Gasteiger partial charge in [0.2, 0.25) is 0 Å². The van der Waals surface area contributed by atoms with Crippen LogP contribution in [0.15, 0.2) is 6.07 Å². The smallest absolute Gasteiger partial charge is 0.282 e. The van der Waals surface area contributed by atoms with Crippen LogP contribution in [0.1, 0.15) is 17.8 Å². The monoisotopic (exact) mass is 213 g/mol. The van der Waals surface area contributed by atoms with Gasteiger partial charge in [0.15, 0.2) is 0 Å². The van der Waals surface area contributed by atoms with E-state index in [2.05, 4.69) is 4.98 Å². The van der Waals surface area contributed by atoms with Crippen molar-refractivity contribution in [3.05, 3.63) is 17.5 Å². The van der Waals surface area contributed by atoms with Crippen LogP contribution in [0, 0.1) is 11.3 Å².